The van der Waals surface area contributed by atoms with E-state index in [4.69, 9.17) is 17.0 Å². The highest BCUT2D eigenvalue weighted by molar-refractivity contribution is 7.80. The maximum Gasteiger partial charge on any atom is 0.294 e. The quantitative estimate of drug-likeness (QED) is 0.321. The van der Waals surface area contributed by atoms with Crippen LogP contribution in [0.1, 0.15) is 0 Å². The molecule has 0 radical (unpaired) electrons. The normalized spacial score (nSPS) is 37.9. The highest BCUT2D eigenvalue weighted by atomic mass is 32.1. The molecule has 0 aliphatic carbocycles. The van der Waals surface area contributed by atoms with Gasteiger partial charge in [0.15, 0.2) is 5.11 Å². The summed E-state index contributed by atoms with van der Waals surface area (Å²) in [6.45, 7) is 0. The predicted octanol–water partition coefficient (Wildman–Crippen LogP) is -1.90. The standard InChI is InChI=1S/C7H5N3O3S/c11-3-2-1-13-5-7(2,9-4(3)12)10-6(14)8-5/h1,5H,(H,9,12)(H2,8,10,14). The van der Waals surface area contributed by atoms with Crippen molar-refractivity contribution < 1.29 is 14.3 Å². The summed E-state index contributed by atoms with van der Waals surface area (Å²) in [5.74, 6) is -1.21. The summed E-state index contributed by atoms with van der Waals surface area (Å²) in [7, 11) is 0. The van der Waals surface area contributed by atoms with Crippen LogP contribution in [0.5, 0.6) is 0 Å². The molecule has 3 aliphatic rings. The second-order valence-corrected chi connectivity index (χ2v) is 3.65. The molecule has 0 aromatic rings. The molecule has 3 heterocycles. The number of hydrogen-bond donors (Lipinski definition) is 3. The van der Waals surface area contributed by atoms with Crippen molar-refractivity contribution in [1.29, 1.82) is 0 Å². The van der Waals surface area contributed by atoms with Crippen LogP contribution in [0, 0.1) is 0 Å². The Morgan fingerprint density at radius 2 is 2.21 bits per heavy atom. The van der Waals surface area contributed by atoms with E-state index in [0.29, 0.717) is 5.11 Å². The van der Waals surface area contributed by atoms with Crippen LogP contribution in [0.2, 0.25) is 0 Å². The van der Waals surface area contributed by atoms with Crippen molar-refractivity contribution in [1.82, 2.24) is 16.0 Å². The zero-order valence-electron chi connectivity index (χ0n) is 6.79. The maximum absolute atomic E-state index is 11.4. The number of ether oxygens (including phenoxy) is 1. The first kappa shape index (κ1) is 7.74. The molecule has 1 amide bonds. The van der Waals surface area contributed by atoms with Gasteiger partial charge in [-0.3, -0.25) is 9.59 Å². The molecule has 0 aromatic heterocycles. The molecule has 7 heteroatoms. The lowest BCUT2D eigenvalue weighted by atomic mass is 10.0. The van der Waals surface area contributed by atoms with E-state index in [0.717, 1.165) is 0 Å². The number of ketones is 1. The molecule has 2 atom stereocenters. The highest BCUT2D eigenvalue weighted by Gasteiger charge is 2.62. The van der Waals surface area contributed by atoms with Crippen LogP contribution in [0.15, 0.2) is 11.8 Å². The van der Waals surface area contributed by atoms with E-state index in [1.165, 1.54) is 6.26 Å². The third-order valence-electron chi connectivity index (χ3n) is 2.47. The molecule has 0 aromatic carbocycles. The number of carbonyl (C=O) groups excluding carboxylic acids is 2. The fourth-order valence-corrected chi connectivity index (χ4v) is 2.10. The summed E-state index contributed by atoms with van der Waals surface area (Å²) in [5.41, 5.74) is -0.703. The van der Waals surface area contributed by atoms with Gasteiger partial charge < -0.3 is 20.7 Å². The van der Waals surface area contributed by atoms with Crippen molar-refractivity contribution in [2.45, 2.75) is 11.9 Å². The van der Waals surface area contributed by atoms with E-state index < -0.39 is 23.6 Å². The Morgan fingerprint density at radius 3 is 3.00 bits per heavy atom. The number of hydrogen-bond acceptors (Lipinski definition) is 4. The molecule has 2 fully saturated rings. The van der Waals surface area contributed by atoms with Gasteiger partial charge in [0.1, 0.15) is 0 Å². The largest absolute Gasteiger partial charge is 0.473 e. The molecular formula is C7H5N3O3S. The molecule has 1 spiro atoms. The summed E-state index contributed by atoms with van der Waals surface area (Å²) < 4.78 is 5.17. The molecule has 3 N–H and O–H groups in total. The van der Waals surface area contributed by atoms with Gasteiger partial charge in [0.2, 0.25) is 11.9 Å². The van der Waals surface area contributed by atoms with Gasteiger partial charge in [-0.25, -0.2) is 0 Å². The number of rotatable bonds is 0. The Hall–Kier alpha value is -1.63. The Balaban J connectivity index is 2.13. The smallest absolute Gasteiger partial charge is 0.294 e. The molecule has 3 rings (SSSR count). The van der Waals surface area contributed by atoms with Gasteiger partial charge in [0.05, 0.1) is 11.8 Å². The second-order valence-electron chi connectivity index (χ2n) is 3.24. The monoisotopic (exact) mass is 211 g/mol. The van der Waals surface area contributed by atoms with Crippen LogP contribution >= 0.6 is 12.2 Å². The van der Waals surface area contributed by atoms with E-state index in [2.05, 4.69) is 16.0 Å². The molecule has 2 saturated heterocycles. The molecule has 72 valence electrons. The van der Waals surface area contributed by atoms with Crippen molar-refractivity contribution in [2.24, 2.45) is 0 Å². The van der Waals surface area contributed by atoms with E-state index in [-0.39, 0.29) is 5.57 Å². The number of amides is 1. The van der Waals surface area contributed by atoms with E-state index in [9.17, 15) is 9.59 Å². The van der Waals surface area contributed by atoms with Gasteiger partial charge in [-0.2, -0.15) is 0 Å². The van der Waals surface area contributed by atoms with Crippen molar-refractivity contribution in [2.75, 3.05) is 0 Å². The Labute approximate surface area is 83.7 Å². The number of carbonyl (C=O) groups is 2. The van der Waals surface area contributed by atoms with Crippen LogP contribution in [0.3, 0.4) is 0 Å². The number of Topliss-reactive ketones (excluding diaryl/α,β-unsaturated/α-hetero) is 1. The molecule has 2 unspecified atom stereocenters. The summed E-state index contributed by atoms with van der Waals surface area (Å²) >= 11 is 4.88. The first-order valence-electron chi connectivity index (χ1n) is 3.95. The first-order valence-corrected chi connectivity index (χ1v) is 4.36. The summed E-state index contributed by atoms with van der Waals surface area (Å²) in [6.07, 6.45) is 0.757. The minimum atomic E-state index is -0.981. The average Bonchev–Trinajstić information content (AvgIpc) is 2.63. The Bertz CT molecular complexity index is 418. The second kappa shape index (κ2) is 2.06. The van der Waals surface area contributed by atoms with Gasteiger partial charge in [-0.05, 0) is 12.2 Å². The third kappa shape index (κ3) is 0.652. The molecular weight excluding hydrogens is 206 g/mol. The average molecular weight is 211 g/mol. The van der Waals surface area contributed by atoms with Crippen molar-refractivity contribution in [3.8, 4) is 0 Å². The number of nitrogens with one attached hydrogen (secondary N) is 3. The van der Waals surface area contributed by atoms with Gasteiger partial charge in [-0.15, -0.1) is 0 Å². The van der Waals surface area contributed by atoms with Gasteiger partial charge in [0, 0.05) is 0 Å². The van der Waals surface area contributed by atoms with Crippen LogP contribution in [-0.4, -0.2) is 28.7 Å². The molecule has 14 heavy (non-hydrogen) atoms. The van der Waals surface area contributed by atoms with Gasteiger partial charge in [0.25, 0.3) is 11.7 Å². The summed E-state index contributed by atoms with van der Waals surface area (Å²) in [4.78, 5) is 22.5. The topological polar surface area (TPSA) is 79.5 Å². The van der Waals surface area contributed by atoms with Crippen LogP contribution in [-0.2, 0) is 14.3 Å². The fraction of sp³-hybridized carbons (Fsp3) is 0.286. The lowest BCUT2D eigenvalue weighted by Crippen LogP contribution is -2.57. The highest BCUT2D eigenvalue weighted by Crippen LogP contribution is 2.34. The van der Waals surface area contributed by atoms with E-state index in [1.54, 1.807) is 0 Å². The third-order valence-corrected chi connectivity index (χ3v) is 2.69. The Morgan fingerprint density at radius 1 is 1.43 bits per heavy atom. The predicted molar refractivity (Wildman–Crippen MR) is 47.7 cm³/mol. The van der Waals surface area contributed by atoms with Crippen molar-refractivity contribution in [3.63, 3.8) is 0 Å². The van der Waals surface area contributed by atoms with E-state index >= 15 is 0 Å². The zero-order chi connectivity index (χ0) is 9.92. The SMILES string of the molecule is O=C1NC23NC(=S)NC2OC=C3C1=O. The van der Waals surface area contributed by atoms with Crippen molar-refractivity contribution in [3.05, 3.63) is 11.8 Å². The lowest BCUT2D eigenvalue weighted by molar-refractivity contribution is -0.134. The van der Waals surface area contributed by atoms with Crippen LogP contribution in [0.4, 0.5) is 0 Å². The van der Waals surface area contributed by atoms with Crippen molar-refractivity contribution >= 4 is 29.0 Å². The minimum Gasteiger partial charge on any atom is -0.473 e. The lowest BCUT2D eigenvalue weighted by Gasteiger charge is -2.22. The van der Waals surface area contributed by atoms with E-state index in [1.807, 2.05) is 0 Å². The number of thiocarbonyl (C=S) groups is 1. The van der Waals surface area contributed by atoms with Crippen LogP contribution in [0.25, 0.3) is 0 Å². The maximum atomic E-state index is 11.4. The summed E-state index contributed by atoms with van der Waals surface area (Å²) in [6, 6.07) is 0. The molecule has 0 bridgehead atoms. The molecule has 0 saturated carbocycles. The Kier molecular flexibility index (Phi) is 1.14. The molecule has 3 aliphatic heterocycles. The van der Waals surface area contributed by atoms with Crippen LogP contribution < -0.4 is 16.0 Å². The minimum absolute atomic E-state index is 0.278. The summed E-state index contributed by atoms with van der Waals surface area (Å²) in [5, 5.41) is 8.51. The fourth-order valence-electron chi connectivity index (χ4n) is 1.84. The van der Waals surface area contributed by atoms with Gasteiger partial charge in [-0.1, -0.05) is 0 Å². The van der Waals surface area contributed by atoms with Gasteiger partial charge >= 0.3 is 0 Å². The molecule has 6 nitrogen and oxygen atoms in total. The first-order chi connectivity index (χ1) is 6.63. The zero-order valence-corrected chi connectivity index (χ0v) is 7.60.